The summed E-state index contributed by atoms with van der Waals surface area (Å²) in [6.07, 6.45) is 0.0987. The van der Waals surface area contributed by atoms with Crippen LogP contribution >= 0.6 is 0 Å². The highest BCUT2D eigenvalue weighted by Gasteiger charge is 2.16. The molecular weight excluding hydrogens is 196 g/mol. The van der Waals surface area contributed by atoms with Gasteiger partial charge in [-0.25, -0.2) is 0 Å². The zero-order chi connectivity index (χ0) is 10.8. The number of phenols is 1. The molecule has 0 aliphatic carbocycles. The largest absolute Gasteiger partial charge is 0.507 e. The van der Waals surface area contributed by atoms with Crippen LogP contribution in [0.5, 0.6) is 17.2 Å². The van der Waals surface area contributed by atoms with Crippen LogP contribution in [0.2, 0.25) is 0 Å². The summed E-state index contributed by atoms with van der Waals surface area (Å²) in [5.41, 5.74) is 0.458. The number of benzene rings is 1. The van der Waals surface area contributed by atoms with Gasteiger partial charge in [-0.1, -0.05) is 0 Å². The lowest BCUT2D eigenvalue weighted by molar-refractivity contribution is 0.194. The lowest BCUT2D eigenvalue weighted by atomic mass is 10.1. The normalized spacial score (nSPS) is 16.9. The predicted molar refractivity (Wildman–Crippen MR) is 54.3 cm³/mol. The molecule has 0 bridgehead atoms. The molecule has 1 heterocycles. The van der Waals surface area contributed by atoms with Crippen molar-refractivity contribution in [2.24, 2.45) is 0 Å². The lowest BCUT2D eigenvalue weighted by Gasteiger charge is -2.12. The van der Waals surface area contributed by atoms with Crippen LogP contribution in [-0.2, 0) is 0 Å². The first-order valence-corrected chi connectivity index (χ1v) is 4.99. The average molecular weight is 210 g/mol. The summed E-state index contributed by atoms with van der Waals surface area (Å²) >= 11 is 0. The topological polar surface area (TPSA) is 58.9 Å². The maximum absolute atomic E-state index is 9.63. The fraction of sp³-hybridized carbons (Fsp3) is 0.455. The van der Waals surface area contributed by atoms with Crippen molar-refractivity contribution in [2.45, 2.75) is 19.4 Å². The Morgan fingerprint density at radius 1 is 1.20 bits per heavy atom. The van der Waals surface area contributed by atoms with Gasteiger partial charge in [0, 0.05) is 18.1 Å². The van der Waals surface area contributed by atoms with E-state index >= 15 is 0 Å². The van der Waals surface area contributed by atoms with Crippen LogP contribution in [0.1, 0.15) is 25.0 Å². The molecule has 1 atom stereocenters. The van der Waals surface area contributed by atoms with Gasteiger partial charge in [0.25, 0.3) is 0 Å². The van der Waals surface area contributed by atoms with E-state index in [1.165, 1.54) is 6.07 Å². The number of phenolic OH excluding ortho intramolecular Hbond substituents is 1. The first kappa shape index (κ1) is 10.1. The standard InChI is InChI=1S/C11H14O4/c1-7(12)8-5-10-11(6-9(8)13)15-4-2-3-14-10/h5-7,12-13H,2-4H2,1H3. The smallest absolute Gasteiger partial charge is 0.164 e. The van der Waals surface area contributed by atoms with Crippen molar-refractivity contribution < 1.29 is 19.7 Å². The molecule has 4 nitrogen and oxygen atoms in total. The Bertz CT molecular complexity index is 360. The Morgan fingerprint density at radius 3 is 2.40 bits per heavy atom. The van der Waals surface area contributed by atoms with Crippen molar-refractivity contribution in [2.75, 3.05) is 13.2 Å². The monoisotopic (exact) mass is 210 g/mol. The summed E-state index contributed by atoms with van der Waals surface area (Å²) in [6, 6.07) is 3.11. The van der Waals surface area contributed by atoms with Gasteiger partial charge >= 0.3 is 0 Å². The highest BCUT2D eigenvalue weighted by Crippen LogP contribution is 2.38. The van der Waals surface area contributed by atoms with E-state index < -0.39 is 6.10 Å². The maximum atomic E-state index is 9.63. The van der Waals surface area contributed by atoms with E-state index in [4.69, 9.17) is 9.47 Å². The molecule has 1 aliphatic rings. The molecule has 0 fully saturated rings. The summed E-state index contributed by atoms with van der Waals surface area (Å²) in [5.74, 6) is 1.16. The fourth-order valence-electron chi connectivity index (χ4n) is 1.55. The SMILES string of the molecule is CC(O)c1cc2c(cc1O)OCCCO2. The molecule has 2 N–H and O–H groups in total. The minimum absolute atomic E-state index is 0.0363. The summed E-state index contributed by atoms with van der Waals surface area (Å²) in [7, 11) is 0. The minimum atomic E-state index is -0.720. The molecule has 1 aliphatic heterocycles. The van der Waals surface area contributed by atoms with Crippen LogP contribution < -0.4 is 9.47 Å². The number of aliphatic hydroxyl groups excluding tert-OH is 1. The van der Waals surface area contributed by atoms with E-state index in [1.807, 2.05) is 0 Å². The quantitative estimate of drug-likeness (QED) is 0.739. The van der Waals surface area contributed by atoms with Gasteiger partial charge < -0.3 is 19.7 Å². The van der Waals surface area contributed by atoms with Gasteiger partial charge in [-0.2, -0.15) is 0 Å². The molecule has 1 aromatic rings. The highest BCUT2D eigenvalue weighted by molar-refractivity contribution is 5.51. The molecule has 0 spiro atoms. The van der Waals surface area contributed by atoms with Gasteiger partial charge in [-0.3, -0.25) is 0 Å². The maximum Gasteiger partial charge on any atom is 0.164 e. The number of rotatable bonds is 1. The Labute approximate surface area is 88.1 Å². The van der Waals surface area contributed by atoms with Crippen LogP contribution in [0.25, 0.3) is 0 Å². The first-order valence-electron chi connectivity index (χ1n) is 4.99. The number of aliphatic hydroxyl groups is 1. The van der Waals surface area contributed by atoms with E-state index in [0.29, 0.717) is 30.3 Å². The summed E-state index contributed by atoms with van der Waals surface area (Å²) < 4.78 is 10.8. The van der Waals surface area contributed by atoms with Crippen molar-refractivity contribution in [3.63, 3.8) is 0 Å². The molecule has 82 valence electrons. The van der Waals surface area contributed by atoms with Crippen LogP contribution in [0.3, 0.4) is 0 Å². The van der Waals surface area contributed by atoms with Crippen molar-refractivity contribution in [3.8, 4) is 17.2 Å². The Kier molecular flexibility index (Phi) is 2.68. The second kappa shape index (κ2) is 3.98. The first-order chi connectivity index (χ1) is 7.18. The fourth-order valence-corrected chi connectivity index (χ4v) is 1.55. The highest BCUT2D eigenvalue weighted by atomic mass is 16.5. The molecule has 0 radical (unpaired) electrons. The Hall–Kier alpha value is -1.42. The number of fused-ring (bicyclic) bond motifs is 1. The molecule has 2 rings (SSSR count). The third-order valence-corrected chi connectivity index (χ3v) is 2.35. The summed E-state index contributed by atoms with van der Waals surface area (Å²) in [5, 5.41) is 19.1. The van der Waals surface area contributed by atoms with Gasteiger partial charge in [-0.15, -0.1) is 0 Å². The van der Waals surface area contributed by atoms with Crippen LogP contribution in [0.4, 0.5) is 0 Å². The minimum Gasteiger partial charge on any atom is -0.507 e. The number of aromatic hydroxyl groups is 1. The van der Waals surface area contributed by atoms with E-state index in [-0.39, 0.29) is 5.75 Å². The predicted octanol–water partition coefficient (Wildman–Crippen LogP) is 1.61. The zero-order valence-electron chi connectivity index (χ0n) is 8.56. The van der Waals surface area contributed by atoms with E-state index in [2.05, 4.69) is 0 Å². The van der Waals surface area contributed by atoms with Gasteiger partial charge in [-0.05, 0) is 13.0 Å². The number of ether oxygens (including phenoxy) is 2. The Balaban J connectivity index is 2.42. The van der Waals surface area contributed by atoms with Crippen LogP contribution in [-0.4, -0.2) is 23.4 Å². The number of hydrogen-bond donors (Lipinski definition) is 2. The number of hydrogen-bond acceptors (Lipinski definition) is 4. The molecule has 1 unspecified atom stereocenters. The van der Waals surface area contributed by atoms with Crippen molar-refractivity contribution in [3.05, 3.63) is 17.7 Å². The van der Waals surface area contributed by atoms with Crippen LogP contribution in [0.15, 0.2) is 12.1 Å². The summed E-state index contributed by atoms with van der Waals surface area (Å²) in [6.45, 7) is 2.77. The van der Waals surface area contributed by atoms with E-state index in [9.17, 15) is 10.2 Å². The van der Waals surface area contributed by atoms with Gasteiger partial charge in [0.1, 0.15) is 5.75 Å². The van der Waals surface area contributed by atoms with E-state index in [0.717, 1.165) is 6.42 Å². The van der Waals surface area contributed by atoms with Gasteiger partial charge in [0.15, 0.2) is 11.5 Å². The van der Waals surface area contributed by atoms with Crippen molar-refractivity contribution in [1.82, 2.24) is 0 Å². The zero-order valence-corrected chi connectivity index (χ0v) is 8.56. The van der Waals surface area contributed by atoms with Gasteiger partial charge in [0.2, 0.25) is 0 Å². The Morgan fingerprint density at radius 2 is 1.80 bits per heavy atom. The third-order valence-electron chi connectivity index (χ3n) is 2.35. The van der Waals surface area contributed by atoms with E-state index in [1.54, 1.807) is 13.0 Å². The summed E-state index contributed by atoms with van der Waals surface area (Å²) in [4.78, 5) is 0. The molecule has 4 heteroatoms. The third kappa shape index (κ3) is 1.99. The lowest BCUT2D eigenvalue weighted by Crippen LogP contribution is -1.97. The molecule has 0 aromatic heterocycles. The van der Waals surface area contributed by atoms with Gasteiger partial charge in [0.05, 0.1) is 19.3 Å². The second-order valence-corrected chi connectivity index (χ2v) is 3.58. The second-order valence-electron chi connectivity index (χ2n) is 3.58. The van der Waals surface area contributed by atoms with Crippen LogP contribution in [0, 0.1) is 0 Å². The molecule has 0 saturated heterocycles. The average Bonchev–Trinajstić information content (AvgIpc) is 2.40. The molecular formula is C11H14O4. The van der Waals surface area contributed by atoms with Crippen molar-refractivity contribution >= 4 is 0 Å². The molecule has 0 amide bonds. The van der Waals surface area contributed by atoms with Crippen molar-refractivity contribution in [1.29, 1.82) is 0 Å². The molecule has 15 heavy (non-hydrogen) atoms. The molecule has 0 saturated carbocycles. The molecule has 1 aromatic carbocycles.